The van der Waals surface area contributed by atoms with Crippen molar-refractivity contribution in [1.29, 1.82) is 0 Å². The molecule has 3 rings (SSSR count). The minimum absolute atomic E-state index is 0.0155. The van der Waals surface area contributed by atoms with Crippen molar-refractivity contribution in [2.45, 2.75) is 71.6 Å². The third-order valence-corrected chi connectivity index (χ3v) is 7.35. The van der Waals surface area contributed by atoms with Crippen LogP contribution in [0.15, 0.2) is 35.3 Å². The number of anilines is 1. The van der Waals surface area contributed by atoms with Gasteiger partial charge in [-0.2, -0.15) is 4.98 Å². The van der Waals surface area contributed by atoms with Crippen LogP contribution in [0, 0.1) is 11.8 Å². The normalized spacial score (nSPS) is 13.1. The van der Waals surface area contributed by atoms with Gasteiger partial charge < -0.3 is 35.0 Å². The Kier molecular flexibility index (Phi) is 12.6. The van der Waals surface area contributed by atoms with E-state index in [0.29, 0.717) is 23.9 Å². The number of H-pyrrole nitrogens is 2. The van der Waals surface area contributed by atoms with Crippen molar-refractivity contribution in [2.24, 2.45) is 11.8 Å². The number of amides is 1. The van der Waals surface area contributed by atoms with E-state index in [0.717, 1.165) is 18.2 Å². The summed E-state index contributed by atoms with van der Waals surface area (Å²) in [4.78, 5) is 85.2. The molecule has 15 nitrogen and oxygen atoms in total. The molecule has 0 fully saturated rings. The smallest absolute Gasteiger partial charge is 0.347 e. The number of rotatable bonds is 15. The second-order valence-electron chi connectivity index (χ2n) is 11.6. The summed E-state index contributed by atoms with van der Waals surface area (Å²) in [6, 6.07) is 5.26. The van der Waals surface area contributed by atoms with Crippen molar-refractivity contribution >= 4 is 46.8 Å². The molecule has 0 aliphatic rings. The van der Waals surface area contributed by atoms with Crippen molar-refractivity contribution < 1.29 is 42.9 Å². The highest BCUT2D eigenvalue weighted by Gasteiger charge is 2.33. The van der Waals surface area contributed by atoms with Gasteiger partial charge in [-0.25, -0.2) is 14.4 Å². The lowest BCUT2D eigenvalue weighted by Gasteiger charge is -2.24. The summed E-state index contributed by atoms with van der Waals surface area (Å²) in [5.41, 5.74) is 7.51. The minimum Gasteiger partial charge on any atom is -0.466 e. The largest absolute Gasteiger partial charge is 0.466 e. The predicted molar refractivity (Wildman–Crippen MR) is 169 cm³/mol. The number of benzene rings is 1. The lowest BCUT2D eigenvalue weighted by Crippen LogP contribution is -2.45. The van der Waals surface area contributed by atoms with Crippen molar-refractivity contribution in [3.8, 4) is 0 Å². The Hall–Kier alpha value is -5.21. The Morgan fingerprint density at radius 2 is 1.47 bits per heavy atom. The van der Waals surface area contributed by atoms with Crippen LogP contribution in [0.25, 0.3) is 11.0 Å². The van der Waals surface area contributed by atoms with Gasteiger partial charge in [-0.3, -0.25) is 19.4 Å². The minimum atomic E-state index is -1.35. The molecule has 0 saturated carbocycles. The number of hydrogen-bond acceptors (Lipinski definition) is 12. The maximum absolute atomic E-state index is 13.2. The number of nitrogens with two attached hydrogens (primary N) is 1. The van der Waals surface area contributed by atoms with Crippen LogP contribution in [0.3, 0.4) is 0 Å². The number of nitrogen functional groups attached to an aromatic ring is 1. The number of aromatic amines is 2. The fourth-order valence-electron chi connectivity index (χ4n) is 4.73. The molecule has 15 heteroatoms. The molecule has 3 aromatic rings. The van der Waals surface area contributed by atoms with Crippen LogP contribution in [0.2, 0.25) is 0 Å². The third-order valence-electron chi connectivity index (χ3n) is 7.35. The summed E-state index contributed by atoms with van der Waals surface area (Å²) in [6.45, 7) is 6.67. The van der Waals surface area contributed by atoms with Gasteiger partial charge in [0.2, 0.25) is 18.2 Å². The molecular formula is C32H41N5O10. The molecule has 2 heterocycles. The highest BCUT2D eigenvalue weighted by Crippen LogP contribution is 2.17. The average molecular weight is 656 g/mol. The lowest BCUT2D eigenvalue weighted by atomic mass is 10.0. The summed E-state index contributed by atoms with van der Waals surface area (Å²) < 4.78 is 20.1. The molecule has 47 heavy (non-hydrogen) atoms. The topological polar surface area (TPSA) is 222 Å². The standard InChI is InChI=1S/C32H41N5O10/c1-16(2)24(30(42)44-5)46-22(38)14-13-21(29(41)47-25(17(3)4)31(43)45-6)35-27(39)19-10-7-18(8-11-19)9-12-20-15-34-26-23(20)28(40)37-32(33)36-26/h7-8,10-11,15-17,21,24-25H,9,12-14H2,1-6H3,(H,35,39)(H4,33,34,36,37,40)/t21?,24-,25-/m0/s1. The summed E-state index contributed by atoms with van der Waals surface area (Å²) in [6.07, 6.45) is -0.248. The third kappa shape index (κ3) is 9.64. The molecule has 2 aromatic heterocycles. The maximum Gasteiger partial charge on any atom is 0.347 e. The molecule has 3 atom stereocenters. The van der Waals surface area contributed by atoms with Gasteiger partial charge in [0.05, 0.1) is 19.6 Å². The van der Waals surface area contributed by atoms with E-state index in [1.165, 1.54) is 7.11 Å². The van der Waals surface area contributed by atoms with E-state index in [1.807, 2.05) is 0 Å². The van der Waals surface area contributed by atoms with Gasteiger partial charge in [0.25, 0.3) is 11.5 Å². The number of hydrogen-bond donors (Lipinski definition) is 4. The summed E-state index contributed by atoms with van der Waals surface area (Å²) in [5, 5.41) is 3.00. The van der Waals surface area contributed by atoms with E-state index in [9.17, 15) is 28.8 Å². The average Bonchev–Trinajstić information content (AvgIpc) is 3.45. The van der Waals surface area contributed by atoms with Gasteiger partial charge in [0.15, 0.2) is 0 Å². The number of aromatic nitrogens is 3. The van der Waals surface area contributed by atoms with Crippen LogP contribution in [0.4, 0.5) is 5.95 Å². The number of carbonyl (C=O) groups is 5. The number of aryl methyl sites for hydroxylation is 2. The van der Waals surface area contributed by atoms with Crippen molar-refractivity contribution in [3.63, 3.8) is 0 Å². The SMILES string of the molecule is COC(=O)[C@@H](OC(=O)CCC(NC(=O)c1ccc(CCc2c[nH]c3nc(N)[nH]c(=O)c23)cc1)C(=O)O[C@H](C(=O)OC)C(C)C)C(C)C. The van der Waals surface area contributed by atoms with Crippen molar-refractivity contribution in [3.05, 3.63) is 57.5 Å². The van der Waals surface area contributed by atoms with Gasteiger partial charge >= 0.3 is 23.9 Å². The fraction of sp³-hybridized carbons (Fsp3) is 0.469. The Balaban J connectivity index is 1.72. The number of carbonyl (C=O) groups excluding carboxylic acids is 5. The molecule has 5 N–H and O–H groups in total. The van der Waals surface area contributed by atoms with E-state index in [4.69, 9.17) is 24.7 Å². The van der Waals surface area contributed by atoms with Gasteiger partial charge in [-0.15, -0.1) is 0 Å². The first-order valence-electron chi connectivity index (χ1n) is 15.1. The molecular weight excluding hydrogens is 614 g/mol. The number of nitrogens with one attached hydrogen (secondary N) is 3. The predicted octanol–water partition coefficient (Wildman–Crippen LogP) is 1.98. The number of methoxy groups -OCH3 is 2. The lowest BCUT2D eigenvalue weighted by molar-refractivity contribution is -0.171. The Bertz CT molecular complexity index is 1640. The Morgan fingerprint density at radius 3 is 2.04 bits per heavy atom. The molecule has 0 aliphatic carbocycles. The molecule has 0 saturated heterocycles. The molecule has 254 valence electrons. The molecule has 0 aliphatic heterocycles. The molecule has 1 amide bonds. The van der Waals surface area contributed by atoms with E-state index < -0.39 is 54.0 Å². The molecule has 0 spiro atoms. The van der Waals surface area contributed by atoms with Gasteiger partial charge in [-0.05, 0) is 42.5 Å². The second-order valence-corrected chi connectivity index (χ2v) is 11.6. The van der Waals surface area contributed by atoms with Crippen molar-refractivity contribution in [2.75, 3.05) is 20.0 Å². The number of nitrogens with zero attached hydrogens (tertiary/aromatic N) is 1. The zero-order chi connectivity index (χ0) is 34.8. The highest BCUT2D eigenvalue weighted by atomic mass is 16.6. The van der Waals surface area contributed by atoms with Gasteiger partial charge in [-0.1, -0.05) is 39.8 Å². The molecule has 0 radical (unpaired) electrons. The number of esters is 4. The number of ether oxygens (including phenoxy) is 4. The highest BCUT2D eigenvalue weighted by molar-refractivity contribution is 5.97. The summed E-state index contributed by atoms with van der Waals surface area (Å²) >= 11 is 0. The van der Waals surface area contributed by atoms with Crippen LogP contribution < -0.4 is 16.6 Å². The zero-order valence-electron chi connectivity index (χ0n) is 27.2. The van der Waals surface area contributed by atoms with Crippen LogP contribution in [-0.2, 0) is 51.0 Å². The summed E-state index contributed by atoms with van der Waals surface area (Å²) in [7, 11) is 2.33. The fourth-order valence-corrected chi connectivity index (χ4v) is 4.73. The molecule has 0 bridgehead atoms. The molecule has 1 unspecified atom stereocenters. The first-order valence-corrected chi connectivity index (χ1v) is 15.1. The van der Waals surface area contributed by atoms with E-state index >= 15 is 0 Å². The van der Waals surface area contributed by atoms with Gasteiger partial charge in [0, 0.05) is 30.0 Å². The monoisotopic (exact) mass is 655 g/mol. The van der Waals surface area contributed by atoms with E-state index in [-0.39, 0.29) is 35.8 Å². The van der Waals surface area contributed by atoms with E-state index in [2.05, 4.69) is 20.3 Å². The second kappa shape index (κ2) is 16.4. The van der Waals surface area contributed by atoms with Crippen LogP contribution in [-0.4, -0.2) is 77.2 Å². The first kappa shape index (κ1) is 36.3. The maximum atomic E-state index is 13.2. The zero-order valence-corrected chi connectivity index (χ0v) is 27.2. The first-order chi connectivity index (χ1) is 22.2. The van der Waals surface area contributed by atoms with Crippen LogP contribution in [0.1, 0.15) is 62.0 Å². The van der Waals surface area contributed by atoms with Crippen molar-refractivity contribution in [1.82, 2.24) is 20.3 Å². The Labute approximate surface area is 270 Å². The Morgan fingerprint density at radius 1 is 0.872 bits per heavy atom. The quantitative estimate of drug-likeness (QED) is 0.136. The van der Waals surface area contributed by atoms with Crippen LogP contribution in [0.5, 0.6) is 0 Å². The molecule has 1 aromatic carbocycles. The number of fused-ring (bicyclic) bond motifs is 1. The van der Waals surface area contributed by atoms with Gasteiger partial charge in [0.1, 0.15) is 11.7 Å². The van der Waals surface area contributed by atoms with Crippen LogP contribution >= 0.6 is 0 Å². The van der Waals surface area contributed by atoms with E-state index in [1.54, 1.807) is 58.2 Å². The summed E-state index contributed by atoms with van der Waals surface area (Å²) in [5.74, 6) is -4.68.